The summed E-state index contributed by atoms with van der Waals surface area (Å²) in [5.41, 5.74) is 1.80. The molecule has 2 aromatic rings. The van der Waals surface area contributed by atoms with E-state index in [1.165, 1.54) is 6.07 Å². The van der Waals surface area contributed by atoms with E-state index in [0.29, 0.717) is 26.3 Å². The fourth-order valence-corrected chi connectivity index (χ4v) is 3.89. The first kappa shape index (κ1) is 18.1. The molecule has 1 aromatic heterocycles. The van der Waals surface area contributed by atoms with Crippen LogP contribution in [0.4, 0.5) is 4.39 Å². The van der Waals surface area contributed by atoms with Gasteiger partial charge in [0, 0.05) is 51.7 Å². The number of rotatable bonds is 4. The standard InChI is InChI=1S/C20H25FN4O2/c21-18-3-4-19(25-9-1-6-22-25)17(13-18)14-23-7-2-8-24(11-10-23)20(26)16-5-12-27-15-16/h1,3-4,6,9,13,16H,2,5,7-8,10-12,14-15H2. The van der Waals surface area contributed by atoms with Crippen LogP contribution >= 0.6 is 0 Å². The van der Waals surface area contributed by atoms with Gasteiger partial charge in [-0.15, -0.1) is 0 Å². The maximum atomic E-state index is 13.9. The summed E-state index contributed by atoms with van der Waals surface area (Å²) >= 11 is 0. The fourth-order valence-electron chi connectivity index (χ4n) is 3.89. The Morgan fingerprint density at radius 1 is 1.26 bits per heavy atom. The van der Waals surface area contributed by atoms with Gasteiger partial charge in [0.2, 0.25) is 5.91 Å². The highest BCUT2D eigenvalue weighted by atomic mass is 19.1. The first-order chi connectivity index (χ1) is 13.2. The zero-order chi connectivity index (χ0) is 18.6. The second-order valence-electron chi connectivity index (χ2n) is 7.24. The lowest BCUT2D eigenvalue weighted by Gasteiger charge is -2.24. The maximum absolute atomic E-state index is 13.9. The number of ether oxygens (including phenoxy) is 1. The number of nitrogens with zero attached hydrogens (tertiary/aromatic N) is 4. The number of hydrogen-bond acceptors (Lipinski definition) is 4. The predicted molar refractivity (Wildman–Crippen MR) is 98.9 cm³/mol. The van der Waals surface area contributed by atoms with Crippen molar-refractivity contribution >= 4 is 5.91 Å². The number of amides is 1. The molecule has 2 saturated heterocycles. The van der Waals surface area contributed by atoms with E-state index < -0.39 is 0 Å². The Hall–Kier alpha value is -2.25. The van der Waals surface area contributed by atoms with E-state index in [9.17, 15) is 9.18 Å². The second kappa shape index (κ2) is 8.19. The number of halogens is 1. The summed E-state index contributed by atoms with van der Waals surface area (Å²) in [4.78, 5) is 16.9. The molecule has 2 aliphatic rings. The summed E-state index contributed by atoms with van der Waals surface area (Å²) in [6, 6.07) is 6.68. The van der Waals surface area contributed by atoms with Crippen molar-refractivity contribution in [1.29, 1.82) is 0 Å². The highest BCUT2D eigenvalue weighted by Gasteiger charge is 2.29. The smallest absolute Gasteiger partial charge is 0.228 e. The molecule has 1 unspecified atom stereocenters. The maximum Gasteiger partial charge on any atom is 0.228 e. The van der Waals surface area contributed by atoms with Crippen LogP contribution in [0.15, 0.2) is 36.7 Å². The van der Waals surface area contributed by atoms with Gasteiger partial charge in [-0.05, 0) is 42.7 Å². The van der Waals surface area contributed by atoms with Gasteiger partial charge < -0.3 is 9.64 Å². The number of benzene rings is 1. The molecule has 0 saturated carbocycles. The highest BCUT2D eigenvalue weighted by molar-refractivity contribution is 5.79. The van der Waals surface area contributed by atoms with Crippen LogP contribution in [0.25, 0.3) is 5.69 Å². The normalized spacial score (nSPS) is 21.4. The summed E-state index contributed by atoms with van der Waals surface area (Å²) in [5, 5.41) is 4.28. The molecule has 0 spiro atoms. The van der Waals surface area contributed by atoms with Crippen LogP contribution in [0, 0.1) is 11.7 Å². The van der Waals surface area contributed by atoms with E-state index in [2.05, 4.69) is 10.00 Å². The van der Waals surface area contributed by atoms with E-state index in [0.717, 1.165) is 43.7 Å². The quantitative estimate of drug-likeness (QED) is 0.825. The first-order valence-corrected chi connectivity index (χ1v) is 9.58. The largest absolute Gasteiger partial charge is 0.381 e. The van der Waals surface area contributed by atoms with Crippen molar-refractivity contribution in [2.24, 2.45) is 5.92 Å². The van der Waals surface area contributed by atoms with E-state index in [1.54, 1.807) is 23.0 Å². The minimum atomic E-state index is -0.242. The minimum absolute atomic E-state index is 0.0196. The molecule has 0 N–H and O–H groups in total. The van der Waals surface area contributed by atoms with Crippen LogP contribution in [0.5, 0.6) is 0 Å². The Morgan fingerprint density at radius 3 is 2.96 bits per heavy atom. The van der Waals surface area contributed by atoms with Gasteiger partial charge in [-0.2, -0.15) is 5.10 Å². The topological polar surface area (TPSA) is 50.6 Å². The Balaban J connectivity index is 1.43. The van der Waals surface area contributed by atoms with Gasteiger partial charge in [-0.1, -0.05) is 0 Å². The third-order valence-corrected chi connectivity index (χ3v) is 5.37. The van der Waals surface area contributed by atoms with Gasteiger partial charge in [-0.25, -0.2) is 9.07 Å². The predicted octanol–water partition coefficient (Wildman–Crippen LogP) is 2.08. The summed E-state index contributed by atoms with van der Waals surface area (Å²) in [7, 11) is 0. The average Bonchev–Trinajstić information content (AvgIpc) is 3.34. The molecule has 4 rings (SSSR count). The Labute approximate surface area is 158 Å². The molecular weight excluding hydrogens is 347 g/mol. The molecule has 7 heteroatoms. The van der Waals surface area contributed by atoms with Crippen LogP contribution in [0.1, 0.15) is 18.4 Å². The molecule has 2 aliphatic heterocycles. The Bertz CT molecular complexity index is 774. The number of carbonyl (C=O) groups excluding carboxylic acids is 1. The van der Waals surface area contributed by atoms with Crippen molar-refractivity contribution in [3.05, 3.63) is 48.0 Å². The molecule has 27 heavy (non-hydrogen) atoms. The molecule has 144 valence electrons. The molecular formula is C20H25FN4O2. The lowest BCUT2D eigenvalue weighted by atomic mass is 10.1. The molecule has 0 bridgehead atoms. The van der Waals surface area contributed by atoms with Crippen LogP contribution in [0.3, 0.4) is 0 Å². The van der Waals surface area contributed by atoms with Crippen molar-refractivity contribution in [2.45, 2.75) is 19.4 Å². The van der Waals surface area contributed by atoms with Crippen molar-refractivity contribution in [2.75, 3.05) is 39.4 Å². The average molecular weight is 372 g/mol. The lowest BCUT2D eigenvalue weighted by molar-refractivity contribution is -0.135. The van der Waals surface area contributed by atoms with E-state index in [1.807, 2.05) is 17.2 Å². The van der Waals surface area contributed by atoms with Crippen LogP contribution in [-0.2, 0) is 16.1 Å². The Morgan fingerprint density at radius 2 is 2.19 bits per heavy atom. The summed E-state index contributed by atoms with van der Waals surface area (Å²) < 4.78 is 21.0. The molecule has 0 radical (unpaired) electrons. The van der Waals surface area contributed by atoms with Gasteiger partial charge in [0.15, 0.2) is 0 Å². The number of aromatic nitrogens is 2. The van der Waals surface area contributed by atoms with Gasteiger partial charge in [0.1, 0.15) is 5.82 Å². The first-order valence-electron chi connectivity index (χ1n) is 9.58. The lowest BCUT2D eigenvalue weighted by Crippen LogP contribution is -2.39. The van der Waals surface area contributed by atoms with Gasteiger partial charge in [0.25, 0.3) is 0 Å². The monoisotopic (exact) mass is 372 g/mol. The molecule has 2 fully saturated rings. The van der Waals surface area contributed by atoms with Crippen LogP contribution in [0.2, 0.25) is 0 Å². The van der Waals surface area contributed by atoms with Crippen molar-refractivity contribution in [3.63, 3.8) is 0 Å². The summed E-state index contributed by atoms with van der Waals surface area (Å²) in [5.74, 6) is -0.00251. The number of hydrogen-bond donors (Lipinski definition) is 0. The fraction of sp³-hybridized carbons (Fsp3) is 0.500. The van der Waals surface area contributed by atoms with Gasteiger partial charge >= 0.3 is 0 Å². The van der Waals surface area contributed by atoms with Crippen molar-refractivity contribution in [1.82, 2.24) is 19.6 Å². The Kier molecular flexibility index (Phi) is 5.50. The molecule has 0 aliphatic carbocycles. The second-order valence-corrected chi connectivity index (χ2v) is 7.24. The minimum Gasteiger partial charge on any atom is -0.381 e. The third-order valence-electron chi connectivity index (χ3n) is 5.37. The van der Waals surface area contributed by atoms with Crippen molar-refractivity contribution < 1.29 is 13.9 Å². The molecule has 1 atom stereocenters. The summed E-state index contributed by atoms with van der Waals surface area (Å²) in [6.45, 7) is 5.04. The molecule has 1 amide bonds. The van der Waals surface area contributed by atoms with E-state index in [4.69, 9.17) is 4.74 Å². The van der Waals surface area contributed by atoms with Crippen LogP contribution in [-0.4, -0.2) is 64.9 Å². The van der Waals surface area contributed by atoms with Crippen LogP contribution < -0.4 is 0 Å². The van der Waals surface area contributed by atoms with Gasteiger partial charge in [-0.3, -0.25) is 9.69 Å². The molecule has 1 aromatic carbocycles. The van der Waals surface area contributed by atoms with Crippen molar-refractivity contribution in [3.8, 4) is 5.69 Å². The molecule has 3 heterocycles. The van der Waals surface area contributed by atoms with Gasteiger partial charge in [0.05, 0.1) is 18.2 Å². The molecule has 6 nitrogen and oxygen atoms in total. The third kappa shape index (κ3) is 4.20. The SMILES string of the molecule is O=C(C1CCOC1)N1CCCN(Cc2cc(F)ccc2-n2cccn2)CC1. The highest BCUT2D eigenvalue weighted by Crippen LogP contribution is 2.20. The van der Waals surface area contributed by atoms with E-state index >= 15 is 0 Å². The van der Waals surface area contributed by atoms with E-state index in [-0.39, 0.29) is 17.6 Å². The summed E-state index contributed by atoms with van der Waals surface area (Å²) in [6.07, 6.45) is 5.33. The zero-order valence-electron chi connectivity index (χ0n) is 15.4. The zero-order valence-corrected chi connectivity index (χ0v) is 15.4. The number of carbonyl (C=O) groups is 1.